The Hall–Kier alpha value is -2.51. The van der Waals surface area contributed by atoms with Gasteiger partial charge < -0.3 is 14.6 Å². The highest BCUT2D eigenvalue weighted by Crippen LogP contribution is 2.21. The molecule has 0 bridgehead atoms. The van der Waals surface area contributed by atoms with Crippen molar-refractivity contribution >= 4 is 35.0 Å². The van der Waals surface area contributed by atoms with Gasteiger partial charge in [0.25, 0.3) is 0 Å². The average molecular weight is 431 g/mol. The Balaban J connectivity index is 1.50. The van der Waals surface area contributed by atoms with Crippen LogP contribution in [0.3, 0.4) is 0 Å². The van der Waals surface area contributed by atoms with Crippen LogP contribution >= 0.6 is 23.4 Å². The van der Waals surface area contributed by atoms with Gasteiger partial charge in [-0.3, -0.25) is 4.79 Å². The van der Waals surface area contributed by atoms with Crippen LogP contribution in [-0.4, -0.2) is 26.4 Å². The molecule has 152 valence electrons. The minimum atomic E-state index is -0.122. The van der Waals surface area contributed by atoms with Crippen molar-refractivity contribution in [3.8, 4) is 5.75 Å². The third kappa shape index (κ3) is 5.98. The third-order valence-corrected chi connectivity index (χ3v) is 5.57. The number of aromatic nitrogens is 3. The maximum Gasteiger partial charge on any atom is 0.234 e. The van der Waals surface area contributed by atoms with Gasteiger partial charge in [-0.2, -0.15) is 0 Å². The number of carbonyl (C=O) groups is 1. The molecule has 6 nitrogen and oxygen atoms in total. The summed E-state index contributed by atoms with van der Waals surface area (Å²) in [5, 5.41) is 12.4. The van der Waals surface area contributed by atoms with Gasteiger partial charge >= 0.3 is 0 Å². The first-order valence-corrected chi connectivity index (χ1v) is 10.6. The van der Waals surface area contributed by atoms with E-state index >= 15 is 0 Å². The lowest BCUT2D eigenvalue weighted by atomic mass is 10.0. The van der Waals surface area contributed by atoms with Crippen LogP contribution in [0.2, 0.25) is 5.02 Å². The zero-order valence-electron chi connectivity index (χ0n) is 16.6. The summed E-state index contributed by atoms with van der Waals surface area (Å²) in [5.74, 6) is 2.07. The summed E-state index contributed by atoms with van der Waals surface area (Å²) < 4.78 is 7.65. The zero-order valence-corrected chi connectivity index (χ0v) is 18.1. The Kier molecular flexibility index (Phi) is 7.17. The molecule has 0 aliphatic rings. The molecule has 1 N–H and O–H groups in total. The summed E-state index contributed by atoms with van der Waals surface area (Å²) in [4.78, 5) is 12.1. The Morgan fingerprint density at radius 3 is 2.48 bits per heavy atom. The number of carbonyl (C=O) groups excluding carboxylic acids is 1. The second-order valence-electron chi connectivity index (χ2n) is 6.81. The van der Waals surface area contributed by atoms with Crippen LogP contribution in [0.4, 0.5) is 5.69 Å². The second-order valence-corrected chi connectivity index (χ2v) is 8.19. The SMILES string of the molecule is CC(C)c1ccc(OCc2nnc(SCC(=O)Nc3ccc(Cl)cc3)n2C)cc1. The van der Waals surface area contributed by atoms with E-state index in [0.717, 1.165) is 5.75 Å². The third-order valence-electron chi connectivity index (χ3n) is 4.30. The van der Waals surface area contributed by atoms with Gasteiger partial charge in [0.2, 0.25) is 5.91 Å². The molecule has 0 saturated carbocycles. The number of hydrogen-bond donors (Lipinski definition) is 1. The van der Waals surface area contributed by atoms with E-state index in [1.807, 2.05) is 23.7 Å². The quantitative estimate of drug-likeness (QED) is 0.514. The summed E-state index contributed by atoms with van der Waals surface area (Å²) in [5.41, 5.74) is 1.97. The highest BCUT2D eigenvalue weighted by atomic mass is 35.5. The van der Waals surface area contributed by atoms with Crippen molar-refractivity contribution in [2.75, 3.05) is 11.1 Å². The van der Waals surface area contributed by atoms with Crippen molar-refractivity contribution in [1.29, 1.82) is 0 Å². The predicted octanol–water partition coefficient (Wildman–Crippen LogP) is 4.90. The van der Waals surface area contributed by atoms with E-state index in [1.165, 1.54) is 17.3 Å². The normalized spacial score (nSPS) is 10.9. The van der Waals surface area contributed by atoms with Gasteiger partial charge in [0.15, 0.2) is 11.0 Å². The van der Waals surface area contributed by atoms with Gasteiger partial charge in [-0.15, -0.1) is 10.2 Å². The van der Waals surface area contributed by atoms with Crippen LogP contribution in [0.1, 0.15) is 31.2 Å². The summed E-state index contributed by atoms with van der Waals surface area (Å²) in [6.45, 7) is 4.62. The van der Waals surface area contributed by atoms with Crippen LogP contribution in [0.25, 0.3) is 0 Å². The van der Waals surface area contributed by atoms with Crippen molar-refractivity contribution in [3.05, 3.63) is 64.9 Å². The number of nitrogens with one attached hydrogen (secondary N) is 1. The largest absolute Gasteiger partial charge is 0.486 e. The van der Waals surface area contributed by atoms with Crippen LogP contribution < -0.4 is 10.1 Å². The molecule has 0 aliphatic heterocycles. The Morgan fingerprint density at radius 2 is 1.83 bits per heavy atom. The number of amides is 1. The lowest BCUT2D eigenvalue weighted by Crippen LogP contribution is -2.14. The highest BCUT2D eigenvalue weighted by Gasteiger charge is 2.12. The number of thioether (sulfide) groups is 1. The number of ether oxygens (including phenoxy) is 1. The van der Waals surface area contributed by atoms with Gasteiger partial charge in [-0.25, -0.2) is 0 Å². The van der Waals surface area contributed by atoms with E-state index in [2.05, 4.69) is 41.5 Å². The van der Waals surface area contributed by atoms with Crippen LogP contribution in [0, 0.1) is 0 Å². The first-order chi connectivity index (χ1) is 13.9. The molecule has 0 spiro atoms. The Morgan fingerprint density at radius 1 is 1.14 bits per heavy atom. The van der Waals surface area contributed by atoms with E-state index in [1.54, 1.807) is 24.3 Å². The molecule has 1 heterocycles. The van der Waals surface area contributed by atoms with Crippen LogP contribution in [0.15, 0.2) is 53.7 Å². The molecule has 3 aromatic rings. The number of hydrogen-bond acceptors (Lipinski definition) is 5. The summed E-state index contributed by atoms with van der Waals surface area (Å²) >= 11 is 7.17. The average Bonchev–Trinajstić information content (AvgIpc) is 3.06. The monoisotopic (exact) mass is 430 g/mol. The van der Waals surface area contributed by atoms with E-state index in [4.69, 9.17) is 16.3 Å². The first kappa shape index (κ1) is 21.2. The fourth-order valence-electron chi connectivity index (χ4n) is 2.55. The molecule has 0 fully saturated rings. The maximum atomic E-state index is 12.1. The second kappa shape index (κ2) is 9.80. The number of rotatable bonds is 8. The number of nitrogens with zero attached hydrogens (tertiary/aromatic N) is 3. The lowest BCUT2D eigenvalue weighted by Gasteiger charge is -2.09. The molecule has 3 rings (SSSR count). The van der Waals surface area contributed by atoms with Gasteiger partial charge in [-0.1, -0.05) is 49.3 Å². The molecule has 8 heteroatoms. The van der Waals surface area contributed by atoms with E-state index in [0.29, 0.717) is 34.2 Å². The molecule has 1 amide bonds. The highest BCUT2D eigenvalue weighted by molar-refractivity contribution is 7.99. The Labute approximate surface area is 179 Å². The topological polar surface area (TPSA) is 69.0 Å². The minimum Gasteiger partial charge on any atom is -0.486 e. The number of anilines is 1. The van der Waals surface area contributed by atoms with E-state index in [-0.39, 0.29) is 11.7 Å². The fraction of sp³-hybridized carbons (Fsp3) is 0.286. The summed E-state index contributed by atoms with van der Waals surface area (Å²) in [7, 11) is 1.86. The van der Waals surface area contributed by atoms with Crippen molar-refractivity contribution in [1.82, 2.24) is 14.8 Å². The lowest BCUT2D eigenvalue weighted by molar-refractivity contribution is -0.113. The van der Waals surface area contributed by atoms with Gasteiger partial charge in [-0.05, 0) is 47.9 Å². The van der Waals surface area contributed by atoms with E-state index < -0.39 is 0 Å². The number of benzene rings is 2. The standard InChI is InChI=1S/C21H23ClN4O2S/c1-14(2)15-4-10-18(11-5-15)28-12-19-24-25-21(26(19)3)29-13-20(27)23-17-8-6-16(22)7-9-17/h4-11,14H,12-13H2,1-3H3,(H,23,27). The summed E-state index contributed by atoms with van der Waals surface area (Å²) in [6, 6.07) is 15.0. The summed E-state index contributed by atoms with van der Waals surface area (Å²) in [6.07, 6.45) is 0. The maximum absolute atomic E-state index is 12.1. The van der Waals surface area contributed by atoms with Crippen molar-refractivity contribution in [2.45, 2.75) is 31.5 Å². The molecule has 2 aromatic carbocycles. The van der Waals surface area contributed by atoms with Gasteiger partial charge in [0, 0.05) is 17.8 Å². The molecule has 29 heavy (non-hydrogen) atoms. The first-order valence-electron chi connectivity index (χ1n) is 9.21. The van der Waals surface area contributed by atoms with Crippen LogP contribution in [0.5, 0.6) is 5.75 Å². The van der Waals surface area contributed by atoms with Gasteiger partial charge in [0.1, 0.15) is 12.4 Å². The molecule has 0 atom stereocenters. The predicted molar refractivity (Wildman–Crippen MR) is 117 cm³/mol. The minimum absolute atomic E-state index is 0.122. The molecule has 0 unspecified atom stereocenters. The molecule has 0 aliphatic carbocycles. The van der Waals surface area contributed by atoms with Crippen molar-refractivity contribution < 1.29 is 9.53 Å². The smallest absolute Gasteiger partial charge is 0.234 e. The molecule has 0 saturated heterocycles. The zero-order chi connectivity index (χ0) is 20.8. The Bertz CT molecular complexity index is 956. The number of halogens is 1. The molecule has 0 radical (unpaired) electrons. The molecule has 1 aromatic heterocycles. The van der Waals surface area contributed by atoms with Crippen LogP contribution in [-0.2, 0) is 18.4 Å². The van der Waals surface area contributed by atoms with Gasteiger partial charge in [0.05, 0.1) is 5.75 Å². The van der Waals surface area contributed by atoms with Crippen molar-refractivity contribution in [2.24, 2.45) is 7.05 Å². The molecular formula is C21H23ClN4O2S. The van der Waals surface area contributed by atoms with Crippen molar-refractivity contribution in [3.63, 3.8) is 0 Å². The molecular weight excluding hydrogens is 408 g/mol. The van der Waals surface area contributed by atoms with E-state index in [9.17, 15) is 4.79 Å². The fourth-order valence-corrected chi connectivity index (χ4v) is 3.41.